The Balaban J connectivity index is 1.30. The molecule has 1 heterocycles. The van der Waals surface area contributed by atoms with E-state index in [0.29, 0.717) is 11.2 Å². The summed E-state index contributed by atoms with van der Waals surface area (Å²) in [4.78, 5) is 25.7. The largest absolute Gasteiger partial charge is 0.438 e. The van der Waals surface area contributed by atoms with E-state index in [1.54, 1.807) is 0 Å². The van der Waals surface area contributed by atoms with Crippen molar-refractivity contribution in [1.82, 2.24) is 15.5 Å². The molecule has 0 radical (unpaired) electrons. The number of rotatable bonds is 3. The molecule has 108 valence electrons. The molecule has 1 amide bonds. The summed E-state index contributed by atoms with van der Waals surface area (Å²) in [6.07, 6.45) is 7.54. The number of aromatic amines is 1. The van der Waals surface area contributed by atoms with Crippen LogP contribution in [-0.4, -0.2) is 22.1 Å². The average molecular weight is 277 g/mol. The van der Waals surface area contributed by atoms with Gasteiger partial charge in [-0.25, -0.2) is 4.79 Å². The van der Waals surface area contributed by atoms with Gasteiger partial charge in [0.25, 0.3) is 0 Å². The van der Waals surface area contributed by atoms with Gasteiger partial charge in [0.1, 0.15) is 0 Å². The number of aromatic nitrogens is 2. The Morgan fingerprint density at radius 3 is 2.80 bits per heavy atom. The number of amides is 1. The van der Waals surface area contributed by atoms with Crippen molar-refractivity contribution in [1.29, 1.82) is 0 Å². The summed E-state index contributed by atoms with van der Waals surface area (Å²) in [7, 11) is 0. The van der Waals surface area contributed by atoms with Crippen molar-refractivity contribution in [3.05, 3.63) is 16.4 Å². The van der Waals surface area contributed by atoms with Gasteiger partial charge in [0.05, 0.1) is 0 Å². The molecule has 4 rings (SSSR count). The topological polar surface area (TPSA) is 88.0 Å². The fourth-order valence-corrected chi connectivity index (χ4v) is 3.85. The predicted octanol–water partition coefficient (Wildman–Crippen LogP) is 1.31. The van der Waals surface area contributed by atoms with Crippen molar-refractivity contribution in [2.24, 2.45) is 11.3 Å². The molecule has 3 fully saturated rings. The lowest BCUT2D eigenvalue weighted by Crippen LogP contribution is -2.43. The Kier molecular flexibility index (Phi) is 2.56. The van der Waals surface area contributed by atoms with Crippen LogP contribution in [0.15, 0.2) is 9.32 Å². The Hall–Kier alpha value is -1.59. The molecule has 6 nitrogen and oxygen atoms in total. The second-order valence-corrected chi connectivity index (χ2v) is 6.80. The molecular formula is C14H19N3O3. The molecular weight excluding hydrogens is 258 g/mol. The maximum absolute atomic E-state index is 12.1. The second-order valence-electron chi connectivity index (χ2n) is 6.80. The highest BCUT2D eigenvalue weighted by atomic mass is 16.5. The SMILES string of the molecule is O=C(NC1CCC(c2noc(=O)[nH]2)C1)C1CC2(CC2)C1. The van der Waals surface area contributed by atoms with Gasteiger partial charge in [0, 0.05) is 17.9 Å². The molecule has 2 atom stereocenters. The van der Waals surface area contributed by atoms with Gasteiger partial charge in [-0.05, 0) is 50.4 Å². The Morgan fingerprint density at radius 2 is 2.15 bits per heavy atom. The van der Waals surface area contributed by atoms with E-state index < -0.39 is 5.76 Å². The minimum atomic E-state index is -0.503. The lowest BCUT2D eigenvalue weighted by atomic mass is 9.71. The second kappa shape index (κ2) is 4.20. The van der Waals surface area contributed by atoms with Crippen LogP contribution >= 0.6 is 0 Å². The van der Waals surface area contributed by atoms with Gasteiger partial charge in [-0.3, -0.25) is 14.3 Å². The zero-order chi connectivity index (χ0) is 13.7. The van der Waals surface area contributed by atoms with Gasteiger partial charge in [-0.1, -0.05) is 5.16 Å². The summed E-state index contributed by atoms with van der Waals surface area (Å²) < 4.78 is 4.54. The van der Waals surface area contributed by atoms with Crippen LogP contribution < -0.4 is 11.1 Å². The monoisotopic (exact) mass is 277 g/mol. The predicted molar refractivity (Wildman–Crippen MR) is 70.0 cm³/mol. The summed E-state index contributed by atoms with van der Waals surface area (Å²) in [5.74, 6) is 0.775. The molecule has 6 heteroatoms. The van der Waals surface area contributed by atoms with E-state index in [0.717, 1.165) is 32.1 Å². The molecule has 0 aromatic carbocycles. The van der Waals surface area contributed by atoms with E-state index in [1.165, 1.54) is 12.8 Å². The van der Waals surface area contributed by atoms with E-state index in [1.807, 2.05) is 0 Å². The van der Waals surface area contributed by atoms with E-state index in [4.69, 9.17) is 0 Å². The van der Waals surface area contributed by atoms with Gasteiger partial charge in [0.2, 0.25) is 5.91 Å². The Labute approximate surface area is 116 Å². The maximum Gasteiger partial charge on any atom is 0.438 e. The third kappa shape index (κ3) is 2.07. The molecule has 3 aliphatic carbocycles. The molecule has 1 aromatic heterocycles. The normalized spacial score (nSPS) is 31.2. The van der Waals surface area contributed by atoms with Gasteiger partial charge < -0.3 is 5.32 Å². The minimum absolute atomic E-state index is 0.197. The first-order valence-electron chi connectivity index (χ1n) is 7.50. The van der Waals surface area contributed by atoms with Crippen molar-refractivity contribution in [3.63, 3.8) is 0 Å². The summed E-state index contributed by atoms with van der Waals surface area (Å²) in [6.45, 7) is 0. The summed E-state index contributed by atoms with van der Waals surface area (Å²) in [5, 5.41) is 6.91. The number of hydrogen-bond donors (Lipinski definition) is 2. The van der Waals surface area contributed by atoms with Crippen LogP contribution in [0.1, 0.15) is 56.7 Å². The zero-order valence-electron chi connectivity index (χ0n) is 11.4. The van der Waals surface area contributed by atoms with Crippen molar-refractivity contribution >= 4 is 5.91 Å². The third-order valence-corrected chi connectivity index (χ3v) is 5.31. The quantitative estimate of drug-likeness (QED) is 0.871. The molecule has 2 N–H and O–H groups in total. The van der Waals surface area contributed by atoms with Crippen molar-refractivity contribution in [2.45, 2.75) is 56.9 Å². The highest BCUT2D eigenvalue weighted by Crippen LogP contribution is 2.63. The number of hydrogen-bond acceptors (Lipinski definition) is 4. The highest BCUT2D eigenvalue weighted by molar-refractivity contribution is 5.80. The van der Waals surface area contributed by atoms with E-state index in [9.17, 15) is 9.59 Å². The van der Waals surface area contributed by atoms with Crippen LogP contribution in [0.2, 0.25) is 0 Å². The first kappa shape index (κ1) is 12.2. The summed E-state index contributed by atoms with van der Waals surface area (Å²) in [5.41, 5.74) is 0.570. The maximum atomic E-state index is 12.1. The fraction of sp³-hybridized carbons (Fsp3) is 0.786. The number of carbonyl (C=O) groups excluding carboxylic acids is 1. The number of nitrogens with zero attached hydrogens (tertiary/aromatic N) is 1. The standard InChI is InChI=1S/C14H19N3O3/c18-12(9-6-14(7-9)3-4-14)15-10-2-1-8(5-10)11-16-13(19)20-17-11/h8-10H,1-7H2,(H,15,18)(H,16,17,19). The third-order valence-electron chi connectivity index (χ3n) is 5.31. The minimum Gasteiger partial charge on any atom is -0.353 e. The van der Waals surface area contributed by atoms with Crippen LogP contribution in [0.25, 0.3) is 0 Å². The van der Waals surface area contributed by atoms with Crippen molar-refractivity contribution < 1.29 is 9.32 Å². The van der Waals surface area contributed by atoms with Gasteiger partial charge in [-0.15, -0.1) is 0 Å². The number of nitrogens with one attached hydrogen (secondary N) is 2. The number of carbonyl (C=O) groups is 1. The van der Waals surface area contributed by atoms with Crippen LogP contribution in [0.4, 0.5) is 0 Å². The molecule has 2 unspecified atom stereocenters. The molecule has 0 bridgehead atoms. The van der Waals surface area contributed by atoms with Crippen LogP contribution in [0.3, 0.4) is 0 Å². The van der Waals surface area contributed by atoms with Crippen LogP contribution in [0, 0.1) is 11.3 Å². The highest BCUT2D eigenvalue weighted by Gasteiger charge is 2.55. The number of H-pyrrole nitrogens is 1. The van der Waals surface area contributed by atoms with Gasteiger partial charge in [-0.2, -0.15) is 0 Å². The molecule has 0 aliphatic heterocycles. The molecule has 1 spiro atoms. The molecule has 3 aliphatic rings. The Morgan fingerprint density at radius 1 is 1.35 bits per heavy atom. The summed E-state index contributed by atoms with van der Waals surface area (Å²) >= 11 is 0. The van der Waals surface area contributed by atoms with Crippen molar-refractivity contribution in [3.8, 4) is 0 Å². The van der Waals surface area contributed by atoms with Gasteiger partial charge in [0.15, 0.2) is 5.82 Å². The fourth-order valence-electron chi connectivity index (χ4n) is 3.85. The lowest BCUT2D eigenvalue weighted by molar-refractivity contribution is -0.130. The molecule has 3 saturated carbocycles. The molecule has 20 heavy (non-hydrogen) atoms. The van der Waals surface area contributed by atoms with E-state index >= 15 is 0 Å². The van der Waals surface area contributed by atoms with Crippen LogP contribution in [0.5, 0.6) is 0 Å². The smallest absolute Gasteiger partial charge is 0.353 e. The molecule has 0 saturated heterocycles. The van der Waals surface area contributed by atoms with Gasteiger partial charge >= 0.3 is 5.76 Å². The first-order chi connectivity index (χ1) is 9.63. The van der Waals surface area contributed by atoms with E-state index in [2.05, 4.69) is 20.0 Å². The average Bonchev–Trinajstić information content (AvgIpc) is 2.87. The Bertz CT molecular complexity index is 578. The lowest BCUT2D eigenvalue weighted by Gasteiger charge is -2.35. The van der Waals surface area contributed by atoms with E-state index in [-0.39, 0.29) is 23.8 Å². The molecule has 1 aromatic rings. The van der Waals surface area contributed by atoms with Crippen LogP contribution in [-0.2, 0) is 4.79 Å². The zero-order valence-corrected chi connectivity index (χ0v) is 11.4. The summed E-state index contributed by atoms with van der Waals surface area (Å²) in [6, 6.07) is 0.212. The van der Waals surface area contributed by atoms with Crippen molar-refractivity contribution in [2.75, 3.05) is 0 Å². The first-order valence-corrected chi connectivity index (χ1v) is 7.50.